The quantitative estimate of drug-likeness (QED) is 0.285. The molecule has 0 saturated carbocycles. The molecule has 128 valence electrons. The Morgan fingerprint density at radius 2 is 2.04 bits per heavy atom. The summed E-state index contributed by atoms with van der Waals surface area (Å²) in [6.45, 7) is 6.57. The Kier molecular flexibility index (Phi) is 10.4. The number of unbranched alkanes of at least 4 members (excludes halogenated alkanes) is 2. The molecule has 0 radical (unpaired) electrons. The first kappa shape index (κ1) is 19.0. The molecule has 0 aliphatic heterocycles. The summed E-state index contributed by atoms with van der Waals surface area (Å²) in [5, 5.41) is 6.63. The van der Waals surface area contributed by atoms with E-state index in [-0.39, 0.29) is 0 Å². The van der Waals surface area contributed by atoms with Gasteiger partial charge in [-0.25, -0.2) is 0 Å². The molecule has 23 heavy (non-hydrogen) atoms. The Labute approximate surface area is 139 Å². The summed E-state index contributed by atoms with van der Waals surface area (Å²) in [4.78, 5) is 4.24. The molecular formula is C18H29N3O2. The fourth-order valence-corrected chi connectivity index (χ4v) is 2.09. The van der Waals surface area contributed by atoms with E-state index in [4.69, 9.17) is 9.47 Å². The molecule has 0 aliphatic rings. The van der Waals surface area contributed by atoms with Crippen molar-refractivity contribution in [2.75, 3.05) is 33.9 Å². The Morgan fingerprint density at radius 1 is 1.22 bits per heavy atom. The van der Waals surface area contributed by atoms with Crippen molar-refractivity contribution in [3.05, 3.63) is 42.5 Å². The molecule has 5 nitrogen and oxygen atoms in total. The van der Waals surface area contributed by atoms with Crippen LogP contribution in [0.1, 0.15) is 24.8 Å². The van der Waals surface area contributed by atoms with E-state index >= 15 is 0 Å². The van der Waals surface area contributed by atoms with Crippen molar-refractivity contribution in [1.82, 2.24) is 10.6 Å². The monoisotopic (exact) mass is 319 g/mol. The largest absolute Gasteiger partial charge is 0.489 e. The maximum Gasteiger partial charge on any atom is 0.191 e. The lowest BCUT2D eigenvalue weighted by molar-refractivity contribution is 0.192. The minimum Gasteiger partial charge on any atom is -0.489 e. The van der Waals surface area contributed by atoms with Gasteiger partial charge in [-0.1, -0.05) is 30.9 Å². The molecule has 0 amide bonds. The van der Waals surface area contributed by atoms with E-state index in [1.807, 2.05) is 24.3 Å². The molecule has 1 aromatic rings. The molecule has 1 rings (SSSR count). The van der Waals surface area contributed by atoms with Crippen LogP contribution < -0.4 is 15.4 Å². The maximum atomic E-state index is 5.66. The highest BCUT2D eigenvalue weighted by Crippen LogP contribution is 2.17. The lowest BCUT2D eigenvalue weighted by atomic mass is 10.2. The lowest BCUT2D eigenvalue weighted by Crippen LogP contribution is -2.37. The molecule has 0 bridgehead atoms. The van der Waals surface area contributed by atoms with Crippen LogP contribution in [0.4, 0.5) is 0 Å². The molecule has 0 atom stereocenters. The summed E-state index contributed by atoms with van der Waals surface area (Å²) in [5.41, 5.74) is 1.09. The van der Waals surface area contributed by atoms with E-state index in [9.17, 15) is 0 Å². The molecule has 0 aromatic heterocycles. The molecule has 1 aromatic carbocycles. The second kappa shape index (κ2) is 12.5. The van der Waals surface area contributed by atoms with Crippen molar-refractivity contribution in [3.63, 3.8) is 0 Å². The molecule has 0 fully saturated rings. The number of guanidine groups is 1. The average molecular weight is 319 g/mol. The standard InChI is InChI=1S/C18H29N3O2/c1-4-13-23-17-11-7-6-10-16(17)15-21-18(19-2)20-12-8-5-9-14-22-3/h4,6-7,10-11H,1,5,8-9,12-15H2,2-3H3,(H2,19,20,21). The molecule has 0 unspecified atom stereocenters. The van der Waals surface area contributed by atoms with E-state index in [0.717, 1.165) is 49.7 Å². The number of nitrogens with zero attached hydrogens (tertiary/aromatic N) is 1. The SMILES string of the molecule is C=CCOc1ccccc1CNC(=NC)NCCCCCOC. The van der Waals surface area contributed by atoms with Gasteiger partial charge in [-0.05, 0) is 25.3 Å². The van der Waals surface area contributed by atoms with Gasteiger partial charge in [0.1, 0.15) is 12.4 Å². The summed E-state index contributed by atoms with van der Waals surface area (Å²) < 4.78 is 10.7. The second-order valence-corrected chi connectivity index (χ2v) is 5.11. The van der Waals surface area contributed by atoms with Crippen LogP contribution in [-0.4, -0.2) is 39.9 Å². The highest BCUT2D eigenvalue weighted by Gasteiger charge is 2.04. The summed E-state index contributed by atoms with van der Waals surface area (Å²) in [6, 6.07) is 7.98. The van der Waals surface area contributed by atoms with Gasteiger partial charge in [-0.3, -0.25) is 4.99 Å². The number of aliphatic imine (C=N–C) groups is 1. The third-order valence-electron chi connectivity index (χ3n) is 3.32. The zero-order chi connectivity index (χ0) is 16.8. The number of nitrogens with one attached hydrogen (secondary N) is 2. The first-order valence-electron chi connectivity index (χ1n) is 8.07. The number of rotatable bonds is 11. The van der Waals surface area contributed by atoms with E-state index < -0.39 is 0 Å². The molecule has 2 N–H and O–H groups in total. The van der Waals surface area contributed by atoms with E-state index in [0.29, 0.717) is 13.2 Å². The Balaban J connectivity index is 2.35. The molecule has 0 aliphatic carbocycles. The van der Waals surface area contributed by atoms with Gasteiger partial charge < -0.3 is 20.1 Å². The Hall–Kier alpha value is -2.01. The van der Waals surface area contributed by atoms with Crippen molar-refractivity contribution < 1.29 is 9.47 Å². The van der Waals surface area contributed by atoms with Crippen molar-refractivity contribution in [3.8, 4) is 5.75 Å². The van der Waals surface area contributed by atoms with Crippen LogP contribution in [0, 0.1) is 0 Å². The molecular weight excluding hydrogens is 290 g/mol. The van der Waals surface area contributed by atoms with Crippen molar-refractivity contribution in [2.45, 2.75) is 25.8 Å². The fourth-order valence-electron chi connectivity index (χ4n) is 2.09. The molecule has 0 spiro atoms. The number of methoxy groups -OCH3 is 1. The predicted molar refractivity (Wildman–Crippen MR) is 96.1 cm³/mol. The normalized spacial score (nSPS) is 11.1. The summed E-state index contributed by atoms with van der Waals surface area (Å²) in [7, 11) is 3.51. The van der Waals surface area contributed by atoms with Crippen LogP contribution >= 0.6 is 0 Å². The number of benzene rings is 1. The van der Waals surface area contributed by atoms with Gasteiger partial charge in [0.15, 0.2) is 5.96 Å². The van der Waals surface area contributed by atoms with Crippen LogP contribution in [0.3, 0.4) is 0 Å². The summed E-state index contributed by atoms with van der Waals surface area (Å²) in [6.07, 6.45) is 5.09. The average Bonchev–Trinajstić information content (AvgIpc) is 2.59. The third kappa shape index (κ3) is 8.26. The highest BCUT2D eigenvalue weighted by molar-refractivity contribution is 5.79. The Morgan fingerprint density at radius 3 is 2.78 bits per heavy atom. The van der Waals surface area contributed by atoms with E-state index in [1.54, 1.807) is 20.2 Å². The van der Waals surface area contributed by atoms with Crippen LogP contribution in [0.25, 0.3) is 0 Å². The van der Waals surface area contributed by atoms with Gasteiger partial charge in [0.25, 0.3) is 0 Å². The summed E-state index contributed by atoms with van der Waals surface area (Å²) in [5.74, 6) is 1.67. The third-order valence-corrected chi connectivity index (χ3v) is 3.32. The lowest BCUT2D eigenvalue weighted by Gasteiger charge is -2.14. The van der Waals surface area contributed by atoms with Crippen LogP contribution in [0.2, 0.25) is 0 Å². The second-order valence-electron chi connectivity index (χ2n) is 5.11. The van der Waals surface area contributed by atoms with Gasteiger partial charge in [0.05, 0.1) is 0 Å². The van der Waals surface area contributed by atoms with Crippen molar-refractivity contribution >= 4 is 5.96 Å². The maximum absolute atomic E-state index is 5.66. The number of ether oxygens (including phenoxy) is 2. The van der Waals surface area contributed by atoms with Crippen LogP contribution in [0.15, 0.2) is 41.9 Å². The Bertz CT molecular complexity index is 475. The minimum atomic E-state index is 0.505. The van der Waals surface area contributed by atoms with Gasteiger partial charge in [0, 0.05) is 39.4 Å². The van der Waals surface area contributed by atoms with Gasteiger partial charge in [-0.15, -0.1) is 0 Å². The zero-order valence-corrected chi connectivity index (χ0v) is 14.3. The predicted octanol–water partition coefficient (Wildman–Crippen LogP) is 2.73. The first-order valence-corrected chi connectivity index (χ1v) is 8.07. The van der Waals surface area contributed by atoms with Crippen molar-refractivity contribution in [1.29, 1.82) is 0 Å². The number of hydrogen-bond acceptors (Lipinski definition) is 3. The van der Waals surface area contributed by atoms with Gasteiger partial charge >= 0.3 is 0 Å². The van der Waals surface area contributed by atoms with E-state index in [1.165, 1.54) is 0 Å². The number of para-hydroxylation sites is 1. The van der Waals surface area contributed by atoms with Gasteiger partial charge in [0.2, 0.25) is 0 Å². The first-order chi connectivity index (χ1) is 11.3. The molecule has 0 saturated heterocycles. The minimum absolute atomic E-state index is 0.505. The molecule has 0 heterocycles. The molecule has 5 heteroatoms. The smallest absolute Gasteiger partial charge is 0.191 e. The number of hydrogen-bond donors (Lipinski definition) is 2. The summed E-state index contributed by atoms with van der Waals surface area (Å²) >= 11 is 0. The fraction of sp³-hybridized carbons (Fsp3) is 0.500. The van der Waals surface area contributed by atoms with Crippen LogP contribution in [-0.2, 0) is 11.3 Å². The topological polar surface area (TPSA) is 54.9 Å². The van der Waals surface area contributed by atoms with E-state index in [2.05, 4.69) is 22.2 Å². The van der Waals surface area contributed by atoms with Gasteiger partial charge in [-0.2, -0.15) is 0 Å². The highest BCUT2D eigenvalue weighted by atomic mass is 16.5. The van der Waals surface area contributed by atoms with Crippen molar-refractivity contribution in [2.24, 2.45) is 4.99 Å². The van der Waals surface area contributed by atoms with Crippen LogP contribution in [0.5, 0.6) is 5.75 Å². The zero-order valence-electron chi connectivity index (χ0n) is 14.3.